The fourth-order valence-electron chi connectivity index (χ4n) is 1.99. The van der Waals surface area contributed by atoms with Crippen LogP contribution in [-0.2, 0) is 6.54 Å². The van der Waals surface area contributed by atoms with Crippen molar-refractivity contribution in [2.45, 2.75) is 26.4 Å². The molecule has 0 bridgehead atoms. The van der Waals surface area contributed by atoms with E-state index in [9.17, 15) is 4.79 Å². The largest absolute Gasteiger partial charge is 0.397 e. The number of nitrogens with zero attached hydrogens (tertiary/aromatic N) is 2. The predicted octanol–water partition coefficient (Wildman–Crippen LogP) is 1.98. The fourth-order valence-corrected chi connectivity index (χ4v) is 1.99. The van der Waals surface area contributed by atoms with Crippen LogP contribution in [0.1, 0.15) is 35.9 Å². The molecule has 2 aromatic heterocycles. The number of nitrogen functional groups attached to an aromatic ring is 1. The summed E-state index contributed by atoms with van der Waals surface area (Å²) in [4.78, 5) is 16.2. The molecule has 2 heterocycles. The number of aromatic nitrogens is 2. The lowest BCUT2D eigenvalue weighted by Crippen LogP contribution is -2.28. The Morgan fingerprint density at radius 2 is 2.16 bits per heavy atom. The van der Waals surface area contributed by atoms with Crippen LogP contribution < -0.4 is 11.1 Å². The second-order valence-electron chi connectivity index (χ2n) is 4.42. The lowest BCUT2D eigenvalue weighted by Gasteiger charge is -2.14. The molecular weight excluding hydrogens is 240 g/mol. The van der Waals surface area contributed by atoms with Crippen molar-refractivity contribution in [2.75, 3.05) is 5.73 Å². The van der Waals surface area contributed by atoms with Gasteiger partial charge in [-0.25, -0.2) is 0 Å². The van der Waals surface area contributed by atoms with Gasteiger partial charge in [-0.15, -0.1) is 0 Å². The number of nitrogens with one attached hydrogen (secondary N) is 1. The first-order valence-electron chi connectivity index (χ1n) is 6.28. The van der Waals surface area contributed by atoms with Gasteiger partial charge in [-0.3, -0.25) is 9.78 Å². The van der Waals surface area contributed by atoms with E-state index >= 15 is 0 Å². The number of hydrogen-bond donors (Lipinski definition) is 2. The number of carbonyl (C=O) groups is 1. The summed E-state index contributed by atoms with van der Waals surface area (Å²) < 4.78 is 1.84. The summed E-state index contributed by atoms with van der Waals surface area (Å²) in [7, 11) is 0. The zero-order valence-electron chi connectivity index (χ0n) is 11.1. The van der Waals surface area contributed by atoms with Crippen molar-refractivity contribution < 1.29 is 4.79 Å². The van der Waals surface area contributed by atoms with Crippen LogP contribution in [0.3, 0.4) is 0 Å². The van der Waals surface area contributed by atoms with Gasteiger partial charge in [0.15, 0.2) is 0 Å². The monoisotopic (exact) mass is 258 g/mol. The number of hydrogen-bond acceptors (Lipinski definition) is 3. The van der Waals surface area contributed by atoms with Crippen molar-refractivity contribution in [3.05, 3.63) is 48.0 Å². The van der Waals surface area contributed by atoms with E-state index in [1.54, 1.807) is 24.7 Å². The summed E-state index contributed by atoms with van der Waals surface area (Å²) in [6.45, 7) is 4.63. The van der Waals surface area contributed by atoms with Gasteiger partial charge in [-0.2, -0.15) is 0 Å². The third-order valence-electron chi connectivity index (χ3n) is 3.04. The molecule has 2 rings (SSSR count). The summed E-state index contributed by atoms with van der Waals surface area (Å²) >= 11 is 0. The van der Waals surface area contributed by atoms with Crippen molar-refractivity contribution in [1.29, 1.82) is 0 Å². The molecule has 3 N–H and O–H groups in total. The highest BCUT2D eigenvalue weighted by molar-refractivity contribution is 5.94. The smallest absolute Gasteiger partial charge is 0.268 e. The maximum absolute atomic E-state index is 12.2. The van der Waals surface area contributed by atoms with Gasteiger partial charge in [-0.1, -0.05) is 0 Å². The second-order valence-corrected chi connectivity index (χ2v) is 4.42. The van der Waals surface area contributed by atoms with Crippen LogP contribution in [0, 0.1) is 0 Å². The first kappa shape index (κ1) is 13.1. The quantitative estimate of drug-likeness (QED) is 0.880. The molecule has 19 heavy (non-hydrogen) atoms. The molecule has 100 valence electrons. The minimum absolute atomic E-state index is 0.0723. The van der Waals surface area contributed by atoms with Crippen LogP contribution in [0.5, 0.6) is 0 Å². The van der Waals surface area contributed by atoms with Crippen molar-refractivity contribution in [3.8, 4) is 0 Å². The Hall–Kier alpha value is -2.30. The first-order valence-corrected chi connectivity index (χ1v) is 6.28. The molecule has 0 aliphatic heterocycles. The maximum Gasteiger partial charge on any atom is 0.268 e. The fraction of sp³-hybridized carbons (Fsp3) is 0.286. The lowest BCUT2D eigenvalue weighted by atomic mass is 10.1. The molecule has 0 aliphatic rings. The summed E-state index contributed by atoms with van der Waals surface area (Å²) in [5.41, 5.74) is 7.93. The van der Waals surface area contributed by atoms with E-state index in [-0.39, 0.29) is 11.9 Å². The third kappa shape index (κ3) is 2.93. The van der Waals surface area contributed by atoms with Gasteiger partial charge in [0.1, 0.15) is 5.69 Å². The van der Waals surface area contributed by atoms with E-state index in [1.807, 2.05) is 30.5 Å². The summed E-state index contributed by atoms with van der Waals surface area (Å²) in [5, 5.41) is 2.96. The molecule has 0 fully saturated rings. The molecule has 0 aliphatic carbocycles. The Bertz CT molecular complexity index is 562. The van der Waals surface area contributed by atoms with E-state index in [1.165, 1.54) is 0 Å². The molecule has 1 amide bonds. The first-order chi connectivity index (χ1) is 9.11. The van der Waals surface area contributed by atoms with Crippen molar-refractivity contribution in [1.82, 2.24) is 14.9 Å². The lowest BCUT2D eigenvalue weighted by molar-refractivity contribution is 0.0930. The Morgan fingerprint density at radius 3 is 2.79 bits per heavy atom. The normalized spacial score (nSPS) is 12.1. The molecule has 2 aromatic rings. The number of nitrogens with two attached hydrogens (primary N) is 1. The third-order valence-corrected chi connectivity index (χ3v) is 3.04. The van der Waals surface area contributed by atoms with E-state index in [0.29, 0.717) is 17.9 Å². The van der Waals surface area contributed by atoms with Crippen LogP contribution >= 0.6 is 0 Å². The van der Waals surface area contributed by atoms with Gasteiger partial charge in [0.25, 0.3) is 5.91 Å². The van der Waals surface area contributed by atoms with Crippen molar-refractivity contribution in [2.24, 2.45) is 0 Å². The van der Waals surface area contributed by atoms with Gasteiger partial charge in [-0.05, 0) is 37.6 Å². The van der Waals surface area contributed by atoms with E-state index in [0.717, 1.165) is 5.56 Å². The molecule has 0 spiro atoms. The highest BCUT2D eigenvalue weighted by atomic mass is 16.2. The number of pyridine rings is 1. The predicted molar refractivity (Wildman–Crippen MR) is 74.6 cm³/mol. The highest BCUT2D eigenvalue weighted by Crippen LogP contribution is 2.14. The van der Waals surface area contributed by atoms with Gasteiger partial charge >= 0.3 is 0 Å². The van der Waals surface area contributed by atoms with Crippen molar-refractivity contribution in [3.63, 3.8) is 0 Å². The number of amides is 1. The summed E-state index contributed by atoms with van der Waals surface area (Å²) in [5.74, 6) is -0.122. The SMILES string of the molecule is CCn1cc(N)cc1C(=O)NC(C)c1ccncc1. The Balaban J connectivity index is 2.13. The van der Waals surface area contributed by atoms with Crippen LogP contribution in [0.4, 0.5) is 5.69 Å². The van der Waals surface area contributed by atoms with Gasteiger partial charge in [0.05, 0.1) is 11.7 Å². The van der Waals surface area contributed by atoms with E-state index in [2.05, 4.69) is 10.3 Å². The minimum atomic E-state index is -0.122. The maximum atomic E-state index is 12.2. The van der Waals surface area contributed by atoms with Crippen LogP contribution in [-0.4, -0.2) is 15.5 Å². The van der Waals surface area contributed by atoms with Gasteiger partial charge < -0.3 is 15.6 Å². The van der Waals surface area contributed by atoms with Crippen LogP contribution in [0.25, 0.3) is 0 Å². The number of rotatable bonds is 4. The standard InChI is InChI=1S/C14H18N4O/c1-3-18-9-12(15)8-13(18)14(19)17-10(2)11-4-6-16-7-5-11/h4-10H,3,15H2,1-2H3,(H,17,19). The average Bonchev–Trinajstić information content (AvgIpc) is 2.81. The van der Waals surface area contributed by atoms with E-state index < -0.39 is 0 Å². The zero-order valence-corrected chi connectivity index (χ0v) is 11.1. The van der Waals surface area contributed by atoms with Crippen LogP contribution in [0.2, 0.25) is 0 Å². The van der Waals surface area contributed by atoms with Crippen LogP contribution in [0.15, 0.2) is 36.8 Å². The molecule has 0 saturated heterocycles. The highest BCUT2D eigenvalue weighted by Gasteiger charge is 2.15. The van der Waals surface area contributed by atoms with E-state index in [4.69, 9.17) is 5.73 Å². The molecule has 5 nitrogen and oxygen atoms in total. The summed E-state index contributed by atoms with van der Waals surface area (Å²) in [6, 6.07) is 5.39. The van der Waals surface area contributed by atoms with Gasteiger partial charge in [0, 0.05) is 25.1 Å². The number of aryl methyl sites for hydroxylation is 1. The second kappa shape index (κ2) is 5.56. The average molecular weight is 258 g/mol. The summed E-state index contributed by atoms with van der Waals surface area (Å²) in [6.07, 6.45) is 5.20. The molecule has 0 radical (unpaired) electrons. The van der Waals surface area contributed by atoms with Crippen molar-refractivity contribution >= 4 is 11.6 Å². The molecule has 0 saturated carbocycles. The Labute approximate surface area is 112 Å². The molecule has 1 atom stereocenters. The van der Waals surface area contributed by atoms with Gasteiger partial charge in [0.2, 0.25) is 0 Å². The molecule has 1 unspecified atom stereocenters. The molecular formula is C14H18N4O. The Kier molecular flexibility index (Phi) is 3.85. The Morgan fingerprint density at radius 1 is 1.47 bits per heavy atom. The topological polar surface area (TPSA) is 72.9 Å². The zero-order chi connectivity index (χ0) is 13.8. The number of anilines is 1. The molecule has 0 aromatic carbocycles. The number of carbonyl (C=O) groups excluding carboxylic acids is 1. The minimum Gasteiger partial charge on any atom is -0.397 e. The molecule has 5 heteroatoms.